The minimum absolute atomic E-state index is 0.311. The molecule has 7 heteroatoms. The number of nitrogens with two attached hydrogens (primary N) is 1. The van der Waals surface area contributed by atoms with Gasteiger partial charge < -0.3 is 20.6 Å². The van der Waals surface area contributed by atoms with Crippen LogP contribution in [0.15, 0.2) is 30.3 Å². The predicted molar refractivity (Wildman–Crippen MR) is 82.5 cm³/mol. The number of nitrogens with one attached hydrogen (secondary N) is 1. The van der Waals surface area contributed by atoms with Crippen LogP contribution in [-0.2, 0) is 4.79 Å². The molecule has 112 valence electrons. The number of halogens is 1. The second-order valence-electron chi connectivity index (χ2n) is 4.70. The summed E-state index contributed by atoms with van der Waals surface area (Å²) in [5, 5.41) is 10.3. The number of H-pyrrole nitrogens is 1. The summed E-state index contributed by atoms with van der Waals surface area (Å²) < 4.78 is 5.31. The van der Waals surface area contributed by atoms with Crippen molar-refractivity contribution in [1.82, 2.24) is 4.98 Å². The van der Waals surface area contributed by atoms with Crippen molar-refractivity contribution in [3.05, 3.63) is 40.9 Å². The van der Waals surface area contributed by atoms with Crippen molar-refractivity contribution in [1.29, 1.82) is 0 Å². The first-order chi connectivity index (χ1) is 10.5. The molecule has 0 aliphatic rings. The van der Waals surface area contributed by atoms with E-state index in [9.17, 15) is 9.59 Å². The van der Waals surface area contributed by atoms with Crippen LogP contribution >= 0.6 is 11.6 Å². The lowest BCUT2D eigenvalue weighted by molar-refractivity contribution is -0.139. The van der Waals surface area contributed by atoms with Crippen LogP contribution in [0, 0.1) is 0 Å². The summed E-state index contributed by atoms with van der Waals surface area (Å²) in [6.45, 7) is -0.498. The summed E-state index contributed by atoms with van der Waals surface area (Å²) in [5.74, 6) is -1.37. The van der Waals surface area contributed by atoms with Crippen molar-refractivity contribution >= 4 is 45.3 Å². The van der Waals surface area contributed by atoms with E-state index in [4.69, 9.17) is 27.2 Å². The maximum absolute atomic E-state index is 11.7. The monoisotopic (exact) mass is 318 g/mol. The normalized spacial score (nSPS) is 11.0. The van der Waals surface area contributed by atoms with Crippen LogP contribution in [0.2, 0.25) is 5.02 Å². The number of carboxylic acid groups (broad SMARTS) is 1. The van der Waals surface area contributed by atoms with Gasteiger partial charge >= 0.3 is 5.97 Å². The average Bonchev–Trinajstić information content (AvgIpc) is 2.86. The van der Waals surface area contributed by atoms with Gasteiger partial charge in [-0.15, -0.1) is 0 Å². The number of aromatic amines is 1. The minimum Gasteiger partial charge on any atom is -0.481 e. The number of aromatic nitrogens is 1. The zero-order valence-corrected chi connectivity index (χ0v) is 12.0. The predicted octanol–water partition coefficient (Wildman–Crippen LogP) is 2.54. The first-order valence-electron chi connectivity index (χ1n) is 6.36. The molecule has 0 unspecified atom stereocenters. The van der Waals surface area contributed by atoms with Crippen molar-refractivity contribution in [2.75, 3.05) is 6.61 Å². The molecule has 1 aromatic heterocycles. The second-order valence-corrected chi connectivity index (χ2v) is 5.10. The van der Waals surface area contributed by atoms with Crippen molar-refractivity contribution < 1.29 is 19.4 Å². The Morgan fingerprint density at radius 2 is 2.00 bits per heavy atom. The number of carbonyl (C=O) groups is 2. The number of ether oxygens (including phenoxy) is 1. The molecule has 22 heavy (non-hydrogen) atoms. The van der Waals surface area contributed by atoms with Gasteiger partial charge in [0.15, 0.2) is 6.61 Å². The SMILES string of the molecule is NC(=O)c1cccc2[nH]c3c(Cl)ccc(OCC(=O)O)c3c12. The maximum atomic E-state index is 11.7. The standard InChI is InChI=1S/C15H11ClN2O4/c16-8-4-5-10(22-6-11(19)20)13-12-7(15(17)21)2-1-3-9(12)18-14(8)13/h1-5,18H,6H2,(H2,17,21)(H,19,20). The first kappa shape index (κ1) is 14.2. The van der Waals surface area contributed by atoms with E-state index in [0.29, 0.717) is 38.1 Å². The molecule has 6 nitrogen and oxygen atoms in total. The Kier molecular flexibility index (Phi) is 3.38. The fourth-order valence-electron chi connectivity index (χ4n) is 2.45. The summed E-state index contributed by atoms with van der Waals surface area (Å²) in [4.78, 5) is 25.5. The van der Waals surface area contributed by atoms with Gasteiger partial charge in [-0.1, -0.05) is 17.7 Å². The Hall–Kier alpha value is -2.73. The Morgan fingerprint density at radius 1 is 1.23 bits per heavy atom. The number of hydrogen-bond donors (Lipinski definition) is 3. The molecule has 4 N–H and O–H groups in total. The molecule has 0 bridgehead atoms. The Labute approximate surface area is 129 Å². The van der Waals surface area contributed by atoms with Crippen LogP contribution in [0.5, 0.6) is 5.75 Å². The summed E-state index contributed by atoms with van der Waals surface area (Å²) in [7, 11) is 0. The van der Waals surface area contributed by atoms with E-state index in [1.165, 1.54) is 0 Å². The Bertz CT molecular complexity index is 917. The summed E-state index contributed by atoms with van der Waals surface area (Å²) in [5.41, 5.74) is 6.96. The number of amides is 1. The summed E-state index contributed by atoms with van der Waals surface area (Å²) in [6, 6.07) is 8.24. The number of hydrogen-bond acceptors (Lipinski definition) is 3. The molecule has 1 heterocycles. The van der Waals surface area contributed by atoms with Crippen LogP contribution in [0.4, 0.5) is 0 Å². The molecular weight excluding hydrogens is 308 g/mol. The van der Waals surface area contributed by atoms with E-state index >= 15 is 0 Å². The third-order valence-electron chi connectivity index (χ3n) is 3.31. The van der Waals surface area contributed by atoms with Crippen molar-refractivity contribution in [3.63, 3.8) is 0 Å². The quantitative estimate of drug-likeness (QED) is 0.687. The van der Waals surface area contributed by atoms with Gasteiger partial charge in [0.2, 0.25) is 5.91 Å². The molecule has 0 spiro atoms. The average molecular weight is 319 g/mol. The number of aliphatic carboxylic acids is 1. The van der Waals surface area contributed by atoms with E-state index in [1.807, 2.05) is 0 Å². The molecule has 0 saturated carbocycles. The van der Waals surface area contributed by atoms with Crippen molar-refractivity contribution in [2.45, 2.75) is 0 Å². The van der Waals surface area contributed by atoms with E-state index < -0.39 is 18.5 Å². The minimum atomic E-state index is -1.10. The van der Waals surface area contributed by atoms with Crippen LogP contribution < -0.4 is 10.5 Å². The second kappa shape index (κ2) is 5.23. The van der Waals surface area contributed by atoms with E-state index in [2.05, 4.69) is 4.98 Å². The first-order valence-corrected chi connectivity index (χ1v) is 6.74. The number of carboxylic acids is 1. The molecule has 0 aliphatic carbocycles. The zero-order valence-electron chi connectivity index (χ0n) is 11.2. The number of rotatable bonds is 4. The third kappa shape index (κ3) is 2.23. The van der Waals surface area contributed by atoms with Gasteiger partial charge in [-0.2, -0.15) is 0 Å². The highest BCUT2D eigenvalue weighted by molar-refractivity contribution is 6.37. The molecule has 0 atom stereocenters. The Morgan fingerprint density at radius 3 is 2.68 bits per heavy atom. The summed E-state index contributed by atoms with van der Waals surface area (Å²) in [6.07, 6.45) is 0. The molecule has 0 saturated heterocycles. The Balaban J connectivity index is 2.37. The van der Waals surface area contributed by atoms with Crippen LogP contribution in [0.1, 0.15) is 10.4 Å². The molecule has 3 rings (SSSR count). The molecule has 0 aliphatic heterocycles. The highest BCUT2D eigenvalue weighted by Gasteiger charge is 2.18. The number of primary amides is 1. The number of carbonyl (C=O) groups excluding carboxylic acids is 1. The van der Waals surface area contributed by atoms with Crippen LogP contribution in [-0.4, -0.2) is 28.6 Å². The lowest BCUT2D eigenvalue weighted by Gasteiger charge is -2.07. The van der Waals surface area contributed by atoms with Gasteiger partial charge in [-0.3, -0.25) is 4.79 Å². The fourth-order valence-corrected chi connectivity index (χ4v) is 2.66. The maximum Gasteiger partial charge on any atom is 0.341 e. The van der Waals surface area contributed by atoms with Crippen molar-refractivity contribution in [2.24, 2.45) is 5.73 Å². The lowest BCUT2D eigenvalue weighted by atomic mass is 10.1. The van der Waals surface area contributed by atoms with Gasteiger partial charge in [0.1, 0.15) is 5.75 Å². The van der Waals surface area contributed by atoms with Gasteiger partial charge in [-0.05, 0) is 24.3 Å². The molecular formula is C15H11ClN2O4. The molecule has 1 amide bonds. The highest BCUT2D eigenvalue weighted by Crippen LogP contribution is 2.38. The molecule has 3 aromatic rings. The number of fused-ring (bicyclic) bond motifs is 3. The van der Waals surface area contributed by atoms with Crippen LogP contribution in [0.25, 0.3) is 21.8 Å². The zero-order chi connectivity index (χ0) is 15.9. The largest absolute Gasteiger partial charge is 0.481 e. The van der Waals surface area contributed by atoms with Gasteiger partial charge in [0, 0.05) is 16.5 Å². The van der Waals surface area contributed by atoms with E-state index in [-0.39, 0.29) is 0 Å². The highest BCUT2D eigenvalue weighted by atomic mass is 35.5. The van der Waals surface area contributed by atoms with Gasteiger partial charge in [-0.25, -0.2) is 4.79 Å². The fraction of sp³-hybridized carbons (Fsp3) is 0.0667. The van der Waals surface area contributed by atoms with Crippen LogP contribution in [0.3, 0.4) is 0 Å². The third-order valence-corrected chi connectivity index (χ3v) is 3.62. The topological polar surface area (TPSA) is 105 Å². The molecule has 0 fully saturated rings. The van der Waals surface area contributed by atoms with Gasteiger partial charge in [0.05, 0.1) is 15.9 Å². The van der Waals surface area contributed by atoms with Gasteiger partial charge in [0.25, 0.3) is 0 Å². The summed E-state index contributed by atoms with van der Waals surface area (Å²) >= 11 is 6.18. The number of benzene rings is 2. The smallest absolute Gasteiger partial charge is 0.341 e. The van der Waals surface area contributed by atoms with E-state index in [0.717, 1.165) is 0 Å². The van der Waals surface area contributed by atoms with Crippen molar-refractivity contribution in [3.8, 4) is 5.75 Å². The molecule has 0 radical (unpaired) electrons. The van der Waals surface area contributed by atoms with E-state index in [1.54, 1.807) is 30.3 Å². The molecule has 2 aromatic carbocycles. The lowest BCUT2D eigenvalue weighted by Crippen LogP contribution is -2.11.